The van der Waals surface area contributed by atoms with Crippen LogP contribution in [0.25, 0.3) is 0 Å². The highest BCUT2D eigenvalue weighted by Crippen LogP contribution is 2.24. The van der Waals surface area contributed by atoms with Gasteiger partial charge in [-0.2, -0.15) is 0 Å². The molecule has 0 radical (unpaired) electrons. The van der Waals surface area contributed by atoms with Crippen molar-refractivity contribution >= 4 is 11.7 Å². The van der Waals surface area contributed by atoms with Crippen LogP contribution >= 0.6 is 0 Å². The lowest BCUT2D eigenvalue weighted by Crippen LogP contribution is -2.43. The van der Waals surface area contributed by atoms with E-state index in [9.17, 15) is 9.90 Å². The summed E-state index contributed by atoms with van der Waals surface area (Å²) < 4.78 is 0. The van der Waals surface area contributed by atoms with Crippen molar-refractivity contribution < 1.29 is 9.90 Å². The molecule has 0 aliphatic carbocycles. The number of nitrogens with one attached hydrogen (secondary N) is 1. The number of aliphatic hydroxyl groups excluding tert-OH is 1. The van der Waals surface area contributed by atoms with Gasteiger partial charge in [0.25, 0.3) is 0 Å². The van der Waals surface area contributed by atoms with E-state index in [4.69, 9.17) is 0 Å². The summed E-state index contributed by atoms with van der Waals surface area (Å²) in [5.74, 6) is 0.343. The van der Waals surface area contributed by atoms with Crippen LogP contribution in [-0.4, -0.2) is 34.7 Å². The topological polar surface area (TPSA) is 52.6 Å². The van der Waals surface area contributed by atoms with E-state index in [1.54, 1.807) is 11.8 Å². The number of carbonyl (C=O) groups is 1. The summed E-state index contributed by atoms with van der Waals surface area (Å²) in [4.78, 5) is 14.0. The third-order valence-corrected chi connectivity index (χ3v) is 3.17. The molecule has 1 aromatic carbocycles. The Balaban J connectivity index is 2.88. The summed E-state index contributed by atoms with van der Waals surface area (Å²) in [7, 11) is 0. The smallest absolute Gasteiger partial charge is 0.322 e. The number of carbonyl (C=O) groups excluding carboxylic acids is 1. The van der Waals surface area contributed by atoms with E-state index in [0.717, 1.165) is 11.3 Å². The minimum absolute atomic E-state index is 0.0378. The Bertz CT molecular complexity index is 442. The molecule has 20 heavy (non-hydrogen) atoms. The molecule has 0 spiro atoms. The highest BCUT2D eigenvalue weighted by molar-refractivity contribution is 5.90. The molecule has 2 amide bonds. The molecule has 1 aromatic rings. The first kappa shape index (κ1) is 16.5. The lowest BCUT2D eigenvalue weighted by atomic mass is 10.0. The van der Waals surface area contributed by atoms with Gasteiger partial charge in [-0.15, -0.1) is 0 Å². The third-order valence-electron chi connectivity index (χ3n) is 3.17. The number of anilines is 1. The normalized spacial score (nSPS) is 12.6. The maximum Gasteiger partial charge on any atom is 0.322 e. The van der Waals surface area contributed by atoms with E-state index in [0.29, 0.717) is 12.5 Å². The first-order chi connectivity index (χ1) is 9.32. The van der Waals surface area contributed by atoms with Gasteiger partial charge < -0.3 is 15.3 Å². The Morgan fingerprint density at radius 3 is 2.30 bits per heavy atom. The zero-order chi connectivity index (χ0) is 15.3. The van der Waals surface area contributed by atoms with E-state index in [1.165, 1.54) is 0 Å². The lowest BCUT2D eigenvalue weighted by Gasteiger charge is -2.28. The van der Waals surface area contributed by atoms with Gasteiger partial charge in [0.1, 0.15) is 0 Å². The predicted molar refractivity (Wildman–Crippen MR) is 83.1 cm³/mol. The lowest BCUT2D eigenvalue weighted by molar-refractivity contribution is 0.125. The van der Waals surface area contributed by atoms with Gasteiger partial charge in [-0.05, 0) is 38.3 Å². The summed E-state index contributed by atoms with van der Waals surface area (Å²) in [6.45, 7) is 10.1. The van der Waals surface area contributed by atoms with Crippen molar-refractivity contribution in [2.24, 2.45) is 0 Å². The van der Waals surface area contributed by atoms with Crippen LogP contribution in [0.4, 0.5) is 10.5 Å². The average molecular weight is 278 g/mol. The Labute approximate surface area is 121 Å². The van der Waals surface area contributed by atoms with Gasteiger partial charge in [0.05, 0.1) is 6.10 Å². The van der Waals surface area contributed by atoms with Crippen LogP contribution in [0.1, 0.15) is 46.1 Å². The van der Waals surface area contributed by atoms with Crippen LogP contribution in [0.2, 0.25) is 0 Å². The van der Waals surface area contributed by atoms with Crippen molar-refractivity contribution in [3.63, 3.8) is 0 Å². The third kappa shape index (κ3) is 4.53. The minimum Gasteiger partial charge on any atom is -0.392 e. The van der Waals surface area contributed by atoms with Gasteiger partial charge in [-0.25, -0.2) is 4.79 Å². The highest BCUT2D eigenvalue weighted by atomic mass is 16.3. The standard InChI is InChI=1S/C16H26N2O2/c1-11(2)14-8-6-7-9-15(14)17-16(20)18(12(3)4)10-13(5)19/h6-9,11-13,19H,10H2,1-5H3,(H,17,20). The molecule has 2 N–H and O–H groups in total. The molecular weight excluding hydrogens is 252 g/mol. The van der Waals surface area contributed by atoms with Gasteiger partial charge in [-0.3, -0.25) is 0 Å². The molecule has 112 valence electrons. The zero-order valence-electron chi connectivity index (χ0n) is 13.1. The molecular formula is C16H26N2O2. The van der Waals surface area contributed by atoms with E-state index in [-0.39, 0.29) is 12.1 Å². The molecule has 0 bridgehead atoms. The molecule has 4 heteroatoms. The molecule has 4 nitrogen and oxygen atoms in total. The SMILES string of the molecule is CC(O)CN(C(=O)Nc1ccccc1C(C)C)C(C)C. The monoisotopic (exact) mass is 278 g/mol. The number of amides is 2. The van der Waals surface area contributed by atoms with E-state index >= 15 is 0 Å². The summed E-state index contributed by atoms with van der Waals surface area (Å²) in [6, 6.07) is 7.68. The molecule has 1 atom stereocenters. The fourth-order valence-corrected chi connectivity index (χ4v) is 2.11. The maximum atomic E-state index is 12.4. The molecule has 1 rings (SSSR count). The Kier molecular flexibility index (Phi) is 6.02. The van der Waals surface area contributed by atoms with Crippen molar-refractivity contribution in [1.82, 2.24) is 4.90 Å². The Morgan fingerprint density at radius 2 is 1.80 bits per heavy atom. The second-order valence-electron chi connectivity index (χ2n) is 5.77. The zero-order valence-corrected chi connectivity index (χ0v) is 13.1. The molecule has 0 saturated heterocycles. The number of aliphatic hydroxyl groups is 1. The highest BCUT2D eigenvalue weighted by Gasteiger charge is 2.19. The van der Waals surface area contributed by atoms with Crippen molar-refractivity contribution in [2.75, 3.05) is 11.9 Å². The first-order valence-corrected chi connectivity index (χ1v) is 7.17. The van der Waals surface area contributed by atoms with Gasteiger partial charge >= 0.3 is 6.03 Å². The average Bonchev–Trinajstić information content (AvgIpc) is 2.35. The number of hydrogen-bond acceptors (Lipinski definition) is 2. The van der Waals surface area contributed by atoms with Crippen LogP contribution < -0.4 is 5.32 Å². The summed E-state index contributed by atoms with van der Waals surface area (Å²) in [6.07, 6.45) is -0.538. The second kappa shape index (κ2) is 7.29. The number of rotatable bonds is 5. The second-order valence-corrected chi connectivity index (χ2v) is 5.77. The van der Waals surface area contributed by atoms with Crippen LogP contribution in [-0.2, 0) is 0 Å². The van der Waals surface area contributed by atoms with E-state index in [2.05, 4.69) is 19.2 Å². The maximum absolute atomic E-state index is 12.4. The number of para-hydroxylation sites is 1. The molecule has 0 aromatic heterocycles. The van der Waals surface area contributed by atoms with Gasteiger partial charge in [0.2, 0.25) is 0 Å². The van der Waals surface area contributed by atoms with E-state index in [1.807, 2.05) is 38.1 Å². The molecule has 0 saturated carbocycles. The predicted octanol–water partition coefficient (Wildman–Crippen LogP) is 3.43. The fourth-order valence-electron chi connectivity index (χ4n) is 2.11. The van der Waals surface area contributed by atoms with Crippen molar-refractivity contribution in [3.05, 3.63) is 29.8 Å². The molecule has 0 aliphatic heterocycles. The number of nitrogens with zero attached hydrogens (tertiary/aromatic N) is 1. The Hall–Kier alpha value is -1.55. The van der Waals surface area contributed by atoms with Crippen molar-refractivity contribution in [2.45, 2.75) is 52.7 Å². The molecule has 1 unspecified atom stereocenters. The summed E-state index contributed by atoms with van der Waals surface area (Å²) in [5, 5.41) is 12.5. The summed E-state index contributed by atoms with van der Waals surface area (Å²) in [5.41, 5.74) is 1.95. The fraction of sp³-hybridized carbons (Fsp3) is 0.562. The number of benzene rings is 1. The number of hydrogen-bond donors (Lipinski definition) is 2. The quantitative estimate of drug-likeness (QED) is 0.867. The molecule has 0 aliphatic rings. The van der Waals surface area contributed by atoms with Crippen LogP contribution in [0.15, 0.2) is 24.3 Å². The number of urea groups is 1. The molecule has 0 fully saturated rings. The van der Waals surface area contributed by atoms with Crippen LogP contribution in [0, 0.1) is 0 Å². The van der Waals surface area contributed by atoms with Crippen LogP contribution in [0.3, 0.4) is 0 Å². The summed E-state index contributed by atoms with van der Waals surface area (Å²) >= 11 is 0. The minimum atomic E-state index is -0.538. The van der Waals surface area contributed by atoms with Gasteiger partial charge in [-0.1, -0.05) is 32.0 Å². The van der Waals surface area contributed by atoms with E-state index < -0.39 is 6.10 Å². The van der Waals surface area contributed by atoms with Crippen LogP contribution in [0.5, 0.6) is 0 Å². The first-order valence-electron chi connectivity index (χ1n) is 7.17. The van der Waals surface area contributed by atoms with Gasteiger partial charge in [0.15, 0.2) is 0 Å². The molecule has 0 heterocycles. The largest absolute Gasteiger partial charge is 0.392 e. The van der Waals surface area contributed by atoms with Crippen molar-refractivity contribution in [3.8, 4) is 0 Å². The van der Waals surface area contributed by atoms with Crippen molar-refractivity contribution in [1.29, 1.82) is 0 Å². The van der Waals surface area contributed by atoms with Gasteiger partial charge in [0, 0.05) is 18.3 Å². The Morgan fingerprint density at radius 1 is 1.20 bits per heavy atom.